The molecule has 0 unspecified atom stereocenters. The molecule has 1 aliphatic rings. The van der Waals surface area contributed by atoms with Crippen LogP contribution in [0, 0.1) is 0 Å². The van der Waals surface area contributed by atoms with E-state index in [0.717, 1.165) is 34.5 Å². The van der Waals surface area contributed by atoms with Crippen LogP contribution in [0.5, 0.6) is 5.75 Å². The van der Waals surface area contributed by atoms with E-state index in [-0.39, 0.29) is 12.5 Å². The molecule has 0 bridgehead atoms. The number of rotatable bonds is 5. The molecule has 0 aliphatic carbocycles. The molecule has 0 fully saturated rings. The number of ether oxygens (including phenoxy) is 1. The van der Waals surface area contributed by atoms with Crippen molar-refractivity contribution in [2.24, 2.45) is 7.05 Å². The molecular formula is C22H24N4O3. The Balaban J connectivity index is 1.68. The summed E-state index contributed by atoms with van der Waals surface area (Å²) in [4.78, 5) is 15.1. The zero-order valence-corrected chi connectivity index (χ0v) is 16.6. The lowest BCUT2D eigenvalue weighted by Gasteiger charge is -2.29. The maximum absolute atomic E-state index is 13.0. The maximum atomic E-state index is 13.0. The highest BCUT2D eigenvalue weighted by atomic mass is 16.5. The average molecular weight is 392 g/mol. The summed E-state index contributed by atoms with van der Waals surface area (Å²) < 4.78 is 7.58. The average Bonchev–Trinajstić information content (AvgIpc) is 3.17. The van der Waals surface area contributed by atoms with Gasteiger partial charge in [-0.05, 0) is 28.8 Å². The van der Waals surface area contributed by atoms with E-state index in [1.54, 1.807) is 10.9 Å². The fourth-order valence-electron chi connectivity index (χ4n) is 3.43. The molecule has 29 heavy (non-hydrogen) atoms. The number of carbonyl (C=O) groups excluding carboxylic acids is 1. The molecule has 7 nitrogen and oxygen atoms in total. The Bertz CT molecular complexity index is 1030. The van der Waals surface area contributed by atoms with Crippen LogP contribution in [-0.4, -0.2) is 41.0 Å². The molecule has 0 spiro atoms. The number of anilines is 1. The van der Waals surface area contributed by atoms with Gasteiger partial charge in [0.15, 0.2) is 5.75 Å². The number of nitrogens with zero attached hydrogens (tertiary/aromatic N) is 3. The summed E-state index contributed by atoms with van der Waals surface area (Å²) in [5.74, 6) is 0.424. The number of aliphatic hydroxyl groups is 1. The smallest absolute Gasteiger partial charge is 0.255 e. The number of hydrogen-bond acceptors (Lipinski definition) is 5. The molecule has 0 saturated carbocycles. The highest BCUT2D eigenvalue weighted by Gasteiger charge is 2.24. The van der Waals surface area contributed by atoms with E-state index in [4.69, 9.17) is 4.74 Å². The molecule has 0 atom stereocenters. The number of carbonyl (C=O) groups is 1. The quantitative estimate of drug-likeness (QED) is 0.697. The van der Waals surface area contributed by atoms with E-state index < -0.39 is 0 Å². The number of hydrogen-bond donors (Lipinski definition) is 2. The molecule has 1 aromatic heterocycles. The fourth-order valence-corrected chi connectivity index (χ4v) is 3.43. The highest BCUT2D eigenvalue weighted by molar-refractivity contribution is 6.00. The topological polar surface area (TPSA) is 79.6 Å². The lowest BCUT2D eigenvalue weighted by molar-refractivity contribution is 0.0946. The number of fused-ring (bicyclic) bond motifs is 1. The largest absolute Gasteiger partial charge is 0.489 e. The summed E-state index contributed by atoms with van der Waals surface area (Å²) in [5, 5.41) is 16.4. The first-order chi connectivity index (χ1) is 14.0. The van der Waals surface area contributed by atoms with Crippen molar-refractivity contribution < 1.29 is 14.6 Å². The van der Waals surface area contributed by atoms with Crippen molar-refractivity contribution >= 4 is 11.6 Å². The molecular weight excluding hydrogens is 368 g/mol. The molecule has 2 N–H and O–H groups in total. The normalized spacial score (nSPS) is 13.0. The Morgan fingerprint density at radius 2 is 1.97 bits per heavy atom. The van der Waals surface area contributed by atoms with Gasteiger partial charge in [0.05, 0.1) is 30.6 Å². The van der Waals surface area contributed by atoms with Gasteiger partial charge in [0.25, 0.3) is 5.91 Å². The minimum Gasteiger partial charge on any atom is -0.489 e. The first kappa shape index (κ1) is 19.0. The Kier molecular flexibility index (Phi) is 5.22. The summed E-state index contributed by atoms with van der Waals surface area (Å²) in [6.07, 6.45) is 3.61. The number of benzene rings is 2. The number of amides is 1. The van der Waals surface area contributed by atoms with Crippen LogP contribution < -0.4 is 15.0 Å². The molecule has 1 aliphatic heterocycles. The van der Waals surface area contributed by atoms with Crippen molar-refractivity contribution in [2.45, 2.75) is 13.2 Å². The van der Waals surface area contributed by atoms with Crippen molar-refractivity contribution in [1.29, 1.82) is 0 Å². The van der Waals surface area contributed by atoms with E-state index in [2.05, 4.69) is 15.3 Å². The molecule has 3 aromatic rings. The van der Waals surface area contributed by atoms with Gasteiger partial charge in [-0.25, -0.2) is 0 Å². The molecule has 2 aromatic carbocycles. The van der Waals surface area contributed by atoms with Crippen molar-refractivity contribution in [3.63, 3.8) is 0 Å². The second kappa shape index (κ2) is 7.97. The molecule has 7 heteroatoms. The van der Waals surface area contributed by atoms with Crippen LogP contribution in [0.1, 0.15) is 21.5 Å². The zero-order chi connectivity index (χ0) is 20.4. The molecule has 1 amide bonds. The second-order valence-corrected chi connectivity index (χ2v) is 7.20. The van der Waals surface area contributed by atoms with Gasteiger partial charge in [-0.2, -0.15) is 5.10 Å². The van der Waals surface area contributed by atoms with Crippen molar-refractivity contribution in [1.82, 2.24) is 15.1 Å². The van der Waals surface area contributed by atoms with Gasteiger partial charge in [0, 0.05) is 32.4 Å². The van der Waals surface area contributed by atoms with Crippen LogP contribution in [0.25, 0.3) is 11.1 Å². The van der Waals surface area contributed by atoms with Gasteiger partial charge in [0.1, 0.15) is 6.61 Å². The van der Waals surface area contributed by atoms with Gasteiger partial charge in [-0.1, -0.05) is 24.3 Å². The number of aliphatic hydroxyl groups excluding tert-OH is 1. The lowest BCUT2D eigenvalue weighted by atomic mass is 9.98. The van der Waals surface area contributed by atoms with Crippen molar-refractivity contribution in [3.05, 3.63) is 65.5 Å². The highest BCUT2D eigenvalue weighted by Crippen LogP contribution is 2.38. The molecule has 0 saturated heterocycles. The SMILES string of the molecule is CN1CCOc2c(C(=O)NCc3cnn(C)c3)cc(-c3ccc(CO)cc3)cc21. The minimum atomic E-state index is -0.186. The van der Waals surface area contributed by atoms with E-state index in [1.807, 2.05) is 56.7 Å². The van der Waals surface area contributed by atoms with Gasteiger partial charge in [0.2, 0.25) is 0 Å². The Hall–Kier alpha value is -3.32. The number of nitrogens with one attached hydrogen (secondary N) is 1. The van der Waals surface area contributed by atoms with E-state index >= 15 is 0 Å². The van der Waals surface area contributed by atoms with Crippen LogP contribution in [0.3, 0.4) is 0 Å². The fraction of sp³-hybridized carbons (Fsp3) is 0.273. The summed E-state index contributed by atoms with van der Waals surface area (Å²) in [6, 6.07) is 11.6. The van der Waals surface area contributed by atoms with Crippen LogP contribution >= 0.6 is 0 Å². The van der Waals surface area contributed by atoms with Crippen LogP contribution in [0.2, 0.25) is 0 Å². The predicted molar refractivity (Wildman–Crippen MR) is 111 cm³/mol. The number of aryl methyl sites for hydroxylation is 1. The third-order valence-corrected chi connectivity index (χ3v) is 5.08. The van der Waals surface area contributed by atoms with Gasteiger partial charge >= 0.3 is 0 Å². The summed E-state index contributed by atoms with van der Waals surface area (Å²) in [5.41, 5.74) is 5.10. The summed E-state index contributed by atoms with van der Waals surface area (Å²) >= 11 is 0. The van der Waals surface area contributed by atoms with Crippen molar-refractivity contribution in [2.75, 3.05) is 25.1 Å². The summed E-state index contributed by atoms with van der Waals surface area (Å²) in [7, 11) is 3.84. The van der Waals surface area contributed by atoms with Crippen LogP contribution in [0.15, 0.2) is 48.8 Å². The number of aromatic nitrogens is 2. The third kappa shape index (κ3) is 3.95. The molecule has 0 radical (unpaired) electrons. The lowest BCUT2D eigenvalue weighted by Crippen LogP contribution is -2.31. The third-order valence-electron chi connectivity index (χ3n) is 5.08. The Labute approximate surface area is 169 Å². The molecule has 150 valence electrons. The Morgan fingerprint density at radius 3 is 2.66 bits per heavy atom. The van der Waals surface area contributed by atoms with Gasteiger partial charge < -0.3 is 20.1 Å². The first-order valence-corrected chi connectivity index (χ1v) is 9.53. The van der Waals surface area contributed by atoms with Crippen LogP contribution in [-0.2, 0) is 20.2 Å². The Morgan fingerprint density at radius 1 is 1.17 bits per heavy atom. The molecule has 4 rings (SSSR count). The van der Waals surface area contributed by atoms with Gasteiger partial charge in [-0.15, -0.1) is 0 Å². The number of likely N-dealkylation sites (N-methyl/N-ethyl adjacent to an activating group) is 1. The van der Waals surface area contributed by atoms with Crippen LogP contribution in [0.4, 0.5) is 5.69 Å². The van der Waals surface area contributed by atoms with Gasteiger partial charge in [-0.3, -0.25) is 9.48 Å². The van der Waals surface area contributed by atoms with E-state index in [0.29, 0.717) is 24.5 Å². The molecule has 2 heterocycles. The first-order valence-electron chi connectivity index (χ1n) is 9.53. The maximum Gasteiger partial charge on any atom is 0.255 e. The summed E-state index contributed by atoms with van der Waals surface area (Å²) in [6.45, 7) is 1.70. The standard InChI is InChI=1S/C22H24N4O3/c1-25-7-8-29-21-19(22(28)23-11-16-12-24-26(2)13-16)9-18(10-20(21)25)17-5-3-15(14-27)4-6-17/h3-6,9-10,12-13,27H,7-8,11,14H2,1-2H3,(H,23,28). The zero-order valence-electron chi connectivity index (χ0n) is 16.6. The van der Waals surface area contributed by atoms with E-state index in [1.165, 1.54) is 0 Å². The predicted octanol–water partition coefficient (Wildman–Crippen LogP) is 2.34. The van der Waals surface area contributed by atoms with Crippen molar-refractivity contribution in [3.8, 4) is 16.9 Å². The second-order valence-electron chi connectivity index (χ2n) is 7.20. The monoisotopic (exact) mass is 392 g/mol. The van der Waals surface area contributed by atoms with E-state index in [9.17, 15) is 9.90 Å². The minimum absolute atomic E-state index is 0.00302.